The average molecular weight is 430 g/mol. The molecular formula is C21H21F3N6O. The molecule has 0 N–H and O–H groups in total. The van der Waals surface area contributed by atoms with Gasteiger partial charge < -0.3 is 4.90 Å². The van der Waals surface area contributed by atoms with Crippen LogP contribution in [0.2, 0.25) is 0 Å². The van der Waals surface area contributed by atoms with Crippen molar-refractivity contribution in [3.05, 3.63) is 70.9 Å². The second-order valence-corrected chi connectivity index (χ2v) is 7.25. The standard InChI is InChI=1S/C21H21F3N6O/c22-21(23,24)17-1-3-19(26-15-17)29-12-9-28(10-13-29)11-14-30-20(31)4-2-18(27-30)16-5-7-25-8-6-16/h1-8,15H,9-14H2. The van der Waals surface area contributed by atoms with Crippen LogP contribution >= 0.6 is 0 Å². The lowest BCUT2D eigenvalue weighted by Gasteiger charge is -2.35. The van der Waals surface area contributed by atoms with E-state index in [1.54, 1.807) is 18.5 Å². The van der Waals surface area contributed by atoms with Gasteiger partial charge in [-0.25, -0.2) is 9.67 Å². The summed E-state index contributed by atoms with van der Waals surface area (Å²) in [5.41, 5.74) is 0.689. The number of rotatable bonds is 5. The number of piperazine rings is 1. The minimum absolute atomic E-state index is 0.162. The van der Waals surface area contributed by atoms with Gasteiger partial charge in [-0.2, -0.15) is 18.3 Å². The monoisotopic (exact) mass is 430 g/mol. The highest BCUT2D eigenvalue weighted by molar-refractivity contribution is 5.57. The summed E-state index contributed by atoms with van der Waals surface area (Å²) < 4.78 is 39.5. The lowest BCUT2D eigenvalue weighted by molar-refractivity contribution is -0.137. The van der Waals surface area contributed by atoms with Crippen LogP contribution in [-0.2, 0) is 12.7 Å². The molecule has 3 aromatic rings. The second kappa shape index (κ2) is 8.84. The molecule has 1 aliphatic heterocycles. The minimum Gasteiger partial charge on any atom is -0.354 e. The van der Waals surface area contributed by atoms with Crippen molar-refractivity contribution in [2.75, 3.05) is 37.6 Å². The Kier molecular flexibility index (Phi) is 5.99. The number of halogens is 3. The van der Waals surface area contributed by atoms with Crippen LogP contribution in [0.25, 0.3) is 11.3 Å². The fourth-order valence-corrected chi connectivity index (χ4v) is 3.46. The number of alkyl halides is 3. The lowest BCUT2D eigenvalue weighted by Crippen LogP contribution is -2.48. The lowest BCUT2D eigenvalue weighted by atomic mass is 10.2. The smallest absolute Gasteiger partial charge is 0.354 e. The molecule has 0 unspecified atom stereocenters. The van der Waals surface area contributed by atoms with Gasteiger partial charge in [0.25, 0.3) is 5.56 Å². The van der Waals surface area contributed by atoms with Crippen molar-refractivity contribution >= 4 is 5.82 Å². The van der Waals surface area contributed by atoms with Crippen molar-refractivity contribution in [3.63, 3.8) is 0 Å². The van der Waals surface area contributed by atoms with Crippen LogP contribution in [0.1, 0.15) is 5.56 Å². The van der Waals surface area contributed by atoms with Gasteiger partial charge in [-0.3, -0.25) is 14.7 Å². The van der Waals surface area contributed by atoms with Gasteiger partial charge in [-0.1, -0.05) is 0 Å². The topological polar surface area (TPSA) is 67.2 Å². The molecule has 1 fully saturated rings. The predicted molar refractivity (Wildman–Crippen MR) is 110 cm³/mol. The van der Waals surface area contributed by atoms with Crippen molar-refractivity contribution in [3.8, 4) is 11.3 Å². The summed E-state index contributed by atoms with van der Waals surface area (Å²) in [6.07, 6.45) is -0.157. The van der Waals surface area contributed by atoms with Crippen molar-refractivity contribution in [1.82, 2.24) is 24.6 Å². The quantitative estimate of drug-likeness (QED) is 0.620. The van der Waals surface area contributed by atoms with Gasteiger partial charge in [0.1, 0.15) is 5.82 Å². The number of anilines is 1. The van der Waals surface area contributed by atoms with E-state index in [2.05, 4.69) is 20.0 Å². The van der Waals surface area contributed by atoms with E-state index in [1.165, 1.54) is 16.8 Å². The zero-order valence-electron chi connectivity index (χ0n) is 16.7. The molecule has 31 heavy (non-hydrogen) atoms. The van der Waals surface area contributed by atoms with Gasteiger partial charge in [0.05, 0.1) is 17.8 Å². The molecule has 0 aliphatic carbocycles. The number of hydrogen-bond donors (Lipinski definition) is 0. The molecule has 0 radical (unpaired) electrons. The van der Waals surface area contributed by atoms with Crippen molar-refractivity contribution in [2.45, 2.75) is 12.7 Å². The average Bonchev–Trinajstić information content (AvgIpc) is 2.79. The van der Waals surface area contributed by atoms with E-state index < -0.39 is 11.7 Å². The van der Waals surface area contributed by atoms with Crippen LogP contribution in [0.5, 0.6) is 0 Å². The highest BCUT2D eigenvalue weighted by Gasteiger charge is 2.31. The predicted octanol–water partition coefficient (Wildman–Crippen LogP) is 2.54. The molecule has 10 heteroatoms. The Morgan fingerprint density at radius 2 is 1.65 bits per heavy atom. The summed E-state index contributed by atoms with van der Waals surface area (Å²) in [6, 6.07) is 9.35. The first kappa shape index (κ1) is 21.0. The maximum atomic E-state index is 12.7. The van der Waals surface area contributed by atoms with Crippen LogP contribution < -0.4 is 10.5 Å². The van der Waals surface area contributed by atoms with Gasteiger partial charge in [0.15, 0.2) is 0 Å². The molecule has 1 aliphatic rings. The molecular weight excluding hydrogens is 409 g/mol. The molecule has 0 aromatic carbocycles. The Balaban J connectivity index is 1.33. The van der Waals surface area contributed by atoms with Crippen molar-refractivity contribution < 1.29 is 13.2 Å². The zero-order chi connectivity index (χ0) is 21.8. The van der Waals surface area contributed by atoms with E-state index in [1.807, 2.05) is 17.0 Å². The maximum absolute atomic E-state index is 12.7. The van der Waals surface area contributed by atoms with Gasteiger partial charge in [0.2, 0.25) is 0 Å². The number of pyridine rings is 2. The molecule has 0 spiro atoms. The first-order valence-corrected chi connectivity index (χ1v) is 9.89. The SMILES string of the molecule is O=c1ccc(-c2ccncc2)nn1CCN1CCN(c2ccc(C(F)(F)F)cn2)CC1. The Bertz CT molecular complexity index is 1060. The van der Waals surface area contributed by atoms with Crippen LogP contribution in [0.3, 0.4) is 0 Å². The molecule has 162 valence electrons. The molecule has 0 saturated carbocycles. The van der Waals surface area contributed by atoms with Gasteiger partial charge in [0, 0.05) is 62.9 Å². The molecule has 4 rings (SSSR count). The normalized spacial score (nSPS) is 15.3. The van der Waals surface area contributed by atoms with E-state index in [-0.39, 0.29) is 5.56 Å². The summed E-state index contributed by atoms with van der Waals surface area (Å²) in [4.78, 5) is 24.3. The molecule has 3 aromatic heterocycles. The van der Waals surface area contributed by atoms with E-state index in [4.69, 9.17) is 0 Å². The van der Waals surface area contributed by atoms with E-state index >= 15 is 0 Å². The minimum atomic E-state index is -4.38. The Morgan fingerprint density at radius 3 is 2.29 bits per heavy atom. The van der Waals surface area contributed by atoms with Gasteiger partial charge in [-0.05, 0) is 30.3 Å². The highest BCUT2D eigenvalue weighted by Crippen LogP contribution is 2.29. The molecule has 7 nitrogen and oxygen atoms in total. The third-order valence-corrected chi connectivity index (χ3v) is 5.24. The first-order chi connectivity index (χ1) is 14.9. The Hall–Kier alpha value is -3.27. The van der Waals surface area contributed by atoms with Gasteiger partial charge >= 0.3 is 6.18 Å². The molecule has 0 bridgehead atoms. The fourth-order valence-electron chi connectivity index (χ4n) is 3.46. The maximum Gasteiger partial charge on any atom is 0.417 e. The van der Waals surface area contributed by atoms with Crippen LogP contribution in [0, 0.1) is 0 Å². The van der Waals surface area contributed by atoms with E-state index in [0.717, 1.165) is 30.9 Å². The van der Waals surface area contributed by atoms with Crippen LogP contribution in [-0.4, -0.2) is 57.4 Å². The number of hydrogen-bond acceptors (Lipinski definition) is 6. The van der Waals surface area contributed by atoms with Crippen molar-refractivity contribution in [2.24, 2.45) is 0 Å². The Labute approximate surface area is 176 Å². The molecule has 4 heterocycles. The van der Waals surface area contributed by atoms with Gasteiger partial charge in [-0.15, -0.1) is 0 Å². The molecule has 0 amide bonds. The highest BCUT2D eigenvalue weighted by atomic mass is 19.4. The Morgan fingerprint density at radius 1 is 0.903 bits per heavy atom. The summed E-state index contributed by atoms with van der Waals surface area (Å²) in [7, 11) is 0. The second-order valence-electron chi connectivity index (χ2n) is 7.25. The third-order valence-electron chi connectivity index (χ3n) is 5.24. The van der Waals surface area contributed by atoms with E-state index in [0.29, 0.717) is 37.7 Å². The number of nitrogens with zero attached hydrogens (tertiary/aromatic N) is 6. The van der Waals surface area contributed by atoms with Crippen molar-refractivity contribution in [1.29, 1.82) is 0 Å². The fraction of sp³-hybridized carbons (Fsp3) is 0.333. The third kappa shape index (κ3) is 5.08. The summed E-state index contributed by atoms with van der Waals surface area (Å²) in [5, 5.41) is 4.45. The molecule has 1 saturated heterocycles. The largest absolute Gasteiger partial charge is 0.417 e. The van der Waals surface area contributed by atoms with Crippen LogP contribution in [0.4, 0.5) is 19.0 Å². The van der Waals surface area contributed by atoms with E-state index in [9.17, 15) is 18.0 Å². The summed E-state index contributed by atoms with van der Waals surface area (Å²) in [6.45, 7) is 3.86. The zero-order valence-corrected chi connectivity index (χ0v) is 16.7. The summed E-state index contributed by atoms with van der Waals surface area (Å²) in [5.74, 6) is 0.538. The first-order valence-electron chi connectivity index (χ1n) is 9.89. The van der Waals surface area contributed by atoms with Crippen LogP contribution in [0.15, 0.2) is 59.8 Å². The summed E-state index contributed by atoms with van der Waals surface area (Å²) >= 11 is 0. The molecule has 0 atom stereocenters. The number of aromatic nitrogens is 4.